The summed E-state index contributed by atoms with van der Waals surface area (Å²) in [5.41, 5.74) is -0.212. The van der Waals surface area contributed by atoms with Crippen LogP contribution in [0.1, 0.15) is 13.3 Å². The van der Waals surface area contributed by atoms with E-state index in [9.17, 15) is 4.79 Å². The van der Waals surface area contributed by atoms with Crippen LogP contribution in [0.5, 0.6) is 0 Å². The van der Waals surface area contributed by atoms with E-state index in [1.54, 1.807) is 0 Å². The van der Waals surface area contributed by atoms with Crippen molar-refractivity contribution in [3.8, 4) is 6.07 Å². The zero-order chi connectivity index (χ0) is 10.3. The topological polar surface area (TPSA) is 76.4 Å². The number of fused-ring (bicyclic) bond motifs is 1. The van der Waals surface area contributed by atoms with Crippen molar-refractivity contribution in [1.29, 1.82) is 5.26 Å². The van der Waals surface area contributed by atoms with E-state index in [0.717, 1.165) is 6.54 Å². The van der Waals surface area contributed by atoms with Crippen LogP contribution in [0.15, 0.2) is 0 Å². The van der Waals surface area contributed by atoms with Crippen molar-refractivity contribution in [2.45, 2.75) is 25.4 Å². The predicted molar refractivity (Wildman–Crippen MR) is 48.6 cm³/mol. The summed E-state index contributed by atoms with van der Waals surface area (Å²) < 4.78 is 0. The van der Waals surface area contributed by atoms with Crippen LogP contribution in [0.25, 0.3) is 0 Å². The lowest BCUT2D eigenvalue weighted by molar-refractivity contribution is 0.120. The lowest BCUT2D eigenvalue weighted by Crippen LogP contribution is -2.63. The second kappa shape index (κ2) is 2.85. The van der Waals surface area contributed by atoms with Crippen LogP contribution in [0.3, 0.4) is 0 Å². The highest BCUT2D eigenvalue weighted by Gasteiger charge is 2.55. The Bertz CT molecular complexity index is 312. The molecule has 0 aromatic carbocycles. The average molecular weight is 195 g/mol. The lowest BCUT2D eigenvalue weighted by Gasteiger charge is -2.40. The van der Waals surface area contributed by atoms with E-state index in [0.29, 0.717) is 13.0 Å². The van der Waals surface area contributed by atoms with Crippen molar-refractivity contribution >= 4 is 6.09 Å². The second-order valence-corrected chi connectivity index (χ2v) is 4.35. The van der Waals surface area contributed by atoms with Gasteiger partial charge in [-0.25, -0.2) is 4.79 Å². The number of hydrogen-bond acceptors (Lipinski definition) is 3. The fourth-order valence-electron chi connectivity index (χ4n) is 2.50. The highest BCUT2D eigenvalue weighted by Crippen LogP contribution is 2.41. The molecule has 3 atom stereocenters. The van der Waals surface area contributed by atoms with E-state index in [1.807, 2.05) is 6.92 Å². The Morgan fingerprint density at radius 3 is 2.93 bits per heavy atom. The zero-order valence-corrected chi connectivity index (χ0v) is 8.03. The molecular formula is C9H13N3O2. The van der Waals surface area contributed by atoms with Crippen molar-refractivity contribution in [2.24, 2.45) is 5.41 Å². The largest absolute Gasteiger partial charge is 0.465 e. The number of carbonyl (C=O) groups is 1. The van der Waals surface area contributed by atoms with Gasteiger partial charge in [0.2, 0.25) is 0 Å². The van der Waals surface area contributed by atoms with E-state index in [4.69, 9.17) is 10.4 Å². The van der Waals surface area contributed by atoms with E-state index in [2.05, 4.69) is 11.4 Å². The van der Waals surface area contributed by atoms with Gasteiger partial charge in [-0.15, -0.1) is 0 Å². The van der Waals surface area contributed by atoms with Crippen LogP contribution in [-0.2, 0) is 0 Å². The molecule has 0 saturated carbocycles. The van der Waals surface area contributed by atoms with Crippen molar-refractivity contribution in [3.05, 3.63) is 0 Å². The molecule has 0 spiro atoms. The van der Waals surface area contributed by atoms with Gasteiger partial charge in [-0.3, -0.25) is 0 Å². The molecule has 5 heteroatoms. The third-order valence-electron chi connectivity index (χ3n) is 3.34. The maximum atomic E-state index is 10.9. The minimum atomic E-state index is -0.872. The van der Waals surface area contributed by atoms with Gasteiger partial charge < -0.3 is 15.3 Å². The molecule has 5 nitrogen and oxygen atoms in total. The second-order valence-electron chi connectivity index (χ2n) is 4.35. The molecular weight excluding hydrogens is 182 g/mol. The van der Waals surface area contributed by atoms with E-state index >= 15 is 0 Å². The number of nitrogens with zero attached hydrogens (tertiary/aromatic N) is 2. The Hall–Kier alpha value is -1.28. The van der Waals surface area contributed by atoms with Gasteiger partial charge in [0.1, 0.15) is 0 Å². The molecule has 0 radical (unpaired) electrons. The van der Waals surface area contributed by atoms with Gasteiger partial charge in [-0.1, -0.05) is 6.92 Å². The molecule has 2 saturated heterocycles. The van der Waals surface area contributed by atoms with Crippen molar-refractivity contribution in [3.63, 3.8) is 0 Å². The highest BCUT2D eigenvalue weighted by molar-refractivity contribution is 5.67. The molecule has 2 aliphatic rings. The summed E-state index contributed by atoms with van der Waals surface area (Å²) in [4.78, 5) is 12.4. The van der Waals surface area contributed by atoms with Gasteiger partial charge in [-0.2, -0.15) is 5.26 Å². The summed E-state index contributed by atoms with van der Waals surface area (Å²) in [5, 5.41) is 20.9. The third-order valence-corrected chi connectivity index (χ3v) is 3.34. The van der Waals surface area contributed by atoms with Gasteiger partial charge in [-0.05, 0) is 0 Å². The summed E-state index contributed by atoms with van der Waals surface area (Å²) in [6.45, 7) is 3.17. The molecule has 3 unspecified atom stereocenters. The molecule has 2 rings (SSSR count). The van der Waals surface area contributed by atoms with Gasteiger partial charge in [0.25, 0.3) is 0 Å². The minimum Gasteiger partial charge on any atom is -0.465 e. The smallest absolute Gasteiger partial charge is 0.407 e. The molecule has 0 aromatic rings. The number of amides is 1. The van der Waals surface area contributed by atoms with Gasteiger partial charge in [0, 0.05) is 31.0 Å². The fourth-order valence-corrected chi connectivity index (χ4v) is 2.50. The third kappa shape index (κ3) is 1.07. The fraction of sp³-hybridized carbons (Fsp3) is 0.778. The monoisotopic (exact) mass is 195 g/mol. The quantitative estimate of drug-likeness (QED) is 0.628. The van der Waals surface area contributed by atoms with Gasteiger partial charge in [0.05, 0.1) is 12.1 Å². The number of carboxylic acid groups (broad SMARTS) is 1. The Kier molecular flexibility index (Phi) is 1.89. The first-order valence-electron chi connectivity index (χ1n) is 4.68. The molecule has 1 amide bonds. The number of nitriles is 1. The molecule has 2 aliphatic heterocycles. The van der Waals surface area contributed by atoms with Gasteiger partial charge in [0.15, 0.2) is 0 Å². The van der Waals surface area contributed by atoms with Crippen LogP contribution >= 0.6 is 0 Å². The predicted octanol–water partition coefficient (Wildman–Crippen LogP) is 0.240. The maximum Gasteiger partial charge on any atom is 0.407 e. The van der Waals surface area contributed by atoms with Gasteiger partial charge >= 0.3 is 6.09 Å². The Morgan fingerprint density at radius 1 is 1.86 bits per heavy atom. The van der Waals surface area contributed by atoms with Crippen molar-refractivity contribution in [2.75, 3.05) is 13.1 Å². The van der Waals surface area contributed by atoms with Crippen molar-refractivity contribution < 1.29 is 9.90 Å². The SMILES string of the molecule is CC1(CC#N)CN(C(=O)O)C2CNC21. The first-order valence-corrected chi connectivity index (χ1v) is 4.68. The maximum absolute atomic E-state index is 10.9. The Morgan fingerprint density at radius 2 is 2.57 bits per heavy atom. The van der Waals surface area contributed by atoms with Crippen LogP contribution in [-0.4, -0.2) is 41.3 Å². The molecule has 76 valence electrons. The molecule has 2 N–H and O–H groups in total. The number of rotatable bonds is 1. The van der Waals surface area contributed by atoms with E-state index < -0.39 is 6.09 Å². The Balaban J connectivity index is 2.18. The molecule has 2 fully saturated rings. The summed E-state index contributed by atoms with van der Waals surface area (Å²) in [6, 6.07) is 2.37. The van der Waals surface area contributed by atoms with Crippen LogP contribution in [0, 0.1) is 16.7 Å². The van der Waals surface area contributed by atoms with E-state index in [1.165, 1.54) is 4.90 Å². The zero-order valence-electron chi connectivity index (χ0n) is 8.03. The van der Waals surface area contributed by atoms with E-state index in [-0.39, 0.29) is 17.5 Å². The average Bonchev–Trinajstić information content (AvgIpc) is 2.18. The highest BCUT2D eigenvalue weighted by atomic mass is 16.4. The van der Waals surface area contributed by atoms with Crippen LogP contribution < -0.4 is 5.32 Å². The lowest BCUT2D eigenvalue weighted by atomic mass is 9.77. The minimum absolute atomic E-state index is 0.0749. The summed E-state index contributed by atoms with van der Waals surface area (Å²) in [5.74, 6) is 0. The molecule has 0 bridgehead atoms. The molecule has 14 heavy (non-hydrogen) atoms. The molecule has 2 heterocycles. The first-order chi connectivity index (χ1) is 6.58. The van der Waals surface area contributed by atoms with Crippen LogP contribution in [0.2, 0.25) is 0 Å². The standard InChI is InChI=1S/C9H13N3O2/c1-9(2-3-10)5-12(8(13)14)6-4-11-7(6)9/h6-7,11H,2,4-5H2,1H3,(H,13,14). The first kappa shape index (κ1) is 9.28. The van der Waals surface area contributed by atoms with Crippen LogP contribution in [0.4, 0.5) is 4.79 Å². The summed E-state index contributed by atoms with van der Waals surface area (Å²) in [7, 11) is 0. The van der Waals surface area contributed by atoms with Crippen molar-refractivity contribution in [1.82, 2.24) is 10.2 Å². The summed E-state index contributed by atoms with van der Waals surface area (Å²) in [6.07, 6.45) is -0.464. The number of hydrogen-bond donors (Lipinski definition) is 2. The Labute approximate surface area is 82.3 Å². The molecule has 0 aliphatic carbocycles. The normalized spacial score (nSPS) is 39.9. The molecule has 0 aromatic heterocycles. The number of nitrogens with one attached hydrogen (secondary N) is 1. The number of likely N-dealkylation sites (tertiary alicyclic amines) is 1. The summed E-state index contributed by atoms with van der Waals surface area (Å²) >= 11 is 0.